The molecular weight excluding hydrogens is 260 g/mol. The molecule has 0 radical (unpaired) electrons. The summed E-state index contributed by atoms with van der Waals surface area (Å²) >= 11 is 3.21. The first-order chi connectivity index (χ1) is 7.26. The average Bonchev–Trinajstić information content (AvgIpc) is 2.27. The van der Waals surface area contributed by atoms with Crippen LogP contribution in [0, 0.1) is 0 Å². The van der Waals surface area contributed by atoms with Crippen LogP contribution < -0.4 is 10.1 Å². The molecule has 0 unspecified atom stereocenters. The molecule has 0 spiro atoms. The van der Waals surface area contributed by atoms with Crippen molar-refractivity contribution in [2.75, 3.05) is 12.4 Å². The summed E-state index contributed by atoms with van der Waals surface area (Å²) in [5.74, 6) is 0.588. The highest BCUT2D eigenvalue weighted by atomic mass is 79.9. The highest BCUT2D eigenvalue weighted by molar-refractivity contribution is 9.09. The van der Waals surface area contributed by atoms with Gasteiger partial charge in [0.1, 0.15) is 0 Å². The Morgan fingerprint density at radius 1 is 1.67 bits per heavy atom. The third-order valence-electron chi connectivity index (χ3n) is 1.82. The van der Waals surface area contributed by atoms with Gasteiger partial charge in [-0.25, -0.2) is 4.98 Å². The second-order valence-electron chi connectivity index (χ2n) is 2.92. The monoisotopic (exact) mass is 272 g/mol. The molecule has 4 nitrogen and oxygen atoms in total. The zero-order chi connectivity index (χ0) is 11.1. The molecule has 0 saturated carbocycles. The molecule has 0 aliphatic heterocycles. The number of pyridine rings is 1. The van der Waals surface area contributed by atoms with Crippen molar-refractivity contribution in [2.24, 2.45) is 0 Å². The Hall–Kier alpha value is -1.10. The molecule has 1 aromatic rings. The zero-order valence-corrected chi connectivity index (χ0v) is 10.1. The molecule has 0 aliphatic rings. The van der Waals surface area contributed by atoms with E-state index in [4.69, 9.17) is 4.74 Å². The minimum Gasteiger partial charge on any atom is -0.481 e. The molecule has 5 heteroatoms. The van der Waals surface area contributed by atoms with Gasteiger partial charge >= 0.3 is 0 Å². The summed E-state index contributed by atoms with van der Waals surface area (Å²) in [4.78, 5) is 15.2. The standard InChI is InChI=1S/C10H13BrN2O2/c1-15-10-6-8(3-5-12-10)7-13-9(14)2-4-11/h3,5-6H,2,4,7H2,1H3,(H,13,14). The summed E-state index contributed by atoms with van der Waals surface area (Å²) in [5, 5.41) is 3.48. The Balaban J connectivity index is 2.46. The van der Waals surface area contributed by atoms with Crippen molar-refractivity contribution in [3.63, 3.8) is 0 Å². The van der Waals surface area contributed by atoms with Crippen molar-refractivity contribution in [3.05, 3.63) is 23.9 Å². The summed E-state index contributed by atoms with van der Waals surface area (Å²) in [6.45, 7) is 0.505. The topological polar surface area (TPSA) is 51.2 Å². The molecule has 1 aromatic heterocycles. The highest BCUT2D eigenvalue weighted by Gasteiger charge is 2.01. The van der Waals surface area contributed by atoms with E-state index in [1.165, 1.54) is 0 Å². The van der Waals surface area contributed by atoms with E-state index >= 15 is 0 Å². The Morgan fingerprint density at radius 2 is 2.47 bits per heavy atom. The largest absolute Gasteiger partial charge is 0.481 e. The predicted octanol–water partition coefficient (Wildman–Crippen LogP) is 1.49. The van der Waals surface area contributed by atoms with E-state index in [-0.39, 0.29) is 5.91 Å². The van der Waals surface area contributed by atoms with Crippen LogP contribution in [-0.4, -0.2) is 23.3 Å². The summed E-state index contributed by atoms with van der Waals surface area (Å²) in [5.41, 5.74) is 0.977. The Labute approximate surface area is 97.2 Å². The quantitative estimate of drug-likeness (QED) is 0.827. The molecule has 0 fully saturated rings. The van der Waals surface area contributed by atoms with Gasteiger partial charge in [0.25, 0.3) is 0 Å². The molecule has 1 heterocycles. The predicted molar refractivity (Wildman–Crippen MR) is 61.0 cm³/mol. The van der Waals surface area contributed by atoms with Crippen molar-refractivity contribution in [1.29, 1.82) is 0 Å². The smallest absolute Gasteiger partial charge is 0.221 e. The first-order valence-electron chi connectivity index (χ1n) is 4.58. The van der Waals surface area contributed by atoms with Crippen molar-refractivity contribution in [3.8, 4) is 5.88 Å². The second-order valence-corrected chi connectivity index (χ2v) is 3.72. The second kappa shape index (κ2) is 6.40. The number of amides is 1. The van der Waals surface area contributed by atoms with Crippen LogP contribution in [0.1, 0.15) is 12.0 Å². The van der Waals surface area contributed by atoms with Crippen LogP contribution in [0.15, 0.2) is 18.3 Å². The maximum Gasteiger partial charge on any atom is 0.221 e. The maximum absolute atomic E-state index is 11.2. The zero-order valence-electron chi connectivity index (χ0n) is 8.50. The summed E-state index contributed by atoms with van der Waals surface area (Å²) in [6.07, 6.45) is 2.15. The number of methoxy groups -OCH3 is 1. The number of hydrogen-bond donors (Lipinski definition) is 1. The fraction of sp³-hybridized carbons (Fsp3) is 0.400. The normalized spacial score (nSPS) is 9.73. The maximum atomic E-state index is 11.2. The van der Waals surface area contributed by atoms with Gasteiger partial charge in [0.05, 0.1) is 7.11 Å². The van der Waals surface area contributed by atoms with Gasteiger partial charge in [-0.05, 0) is 11.6 Å². The lowest BCUT2D eigenvalue weighted by Crippen LogP contribution is -2.22. The number of aromatic nitrogens is 1. The summed E-state index contributed by atoms with van der Waals surface area (Å²) in [6, 6.07) is 3.64. The first kappa shape index (κ1) is 12.0. The van der Waals surface area contributed by atoms with Gasteiger partial charge in [0, 0.05) is 30.6 Å². The number of nitrogens with one attached hydrogen (secondary N) is 1. The number of nitrogens with zero attached hydrogens (tertiary/aromatic N) is 1. The van der Waals surface area contributed by atoms with E-state index in [1.807, 2.05) is 6.07 Å². The van der Waals surface area contributed by atoms with Crippen molar-refractivity contribution >= 4 is 21.8 Å². The fourth-order valence-corrected chi connectivity index (χ4v) is 1.41. The SMILES string of the molecule is COc1cc(CNC(=O)CCBr)ccn1. The van der Waals surface area contributed by atoms with Gasteiger partial charge in [-0.1, -0.05) is 15.9 Å². The third kappa shape index (κ3) is 4.29. The molecule has 15 heavy (non-hydrogen) atoms. The number of hydrogen-bond acceptors (Lipinski definition) is 3. The molecule has 0 aromatic carbocycles. The Kier molecular flexibility index (Phi) is 5.10. The molecule has 0 bridgehead atoms. The number of carbonyl (C=O) groups is 1. The third-order valence-corrected chi connectivity index (χ3v) is 2.22. The minimum atomic E-state index is 0.0302. The molecule has 1 rings (SSSR count). The molecule has 0 saturated heterocycles. The average molecular weight is 273 g/mol. The van der Waals surface area contributed by atoms with Gasteiger partial charge in [-0.2, -0.15) is 0 Å². The van der Waals surface area contributed by atoms with Crippen LogP contribution in [0.2, 0.25) is 0 Å². The number of alkyl halides is 1. The van der Waals surface area contributed by atoms with Gasteiger partial charge in [0.2, 0.25) is 11.8 Å². The molecule has 1 amide bonds. The van der Waals surface area contributed by atoms with Crippen LogP contribution in [0.25, 0.3) is 0 Å². The molecular formula is C10H13BrN2O2. The van der Waals surface area contributed by atoms with Crippen molar-refractivity contribution < 1.29 is 9.53 Å². The summed E-state index contributed by atoms with van der Waals surface area (Å²) in [7, 11) is 1.57. The number of halogens is 1. The van der Waals surface area contributed by atoms with Gasteiger partial charge in [-0.3, -0.25) is 4.79 Å². The van der Waals surface area contributed by atoms with Crippen LogP contribution in [0.3, 0.4) is 0 Å². The van der Waals surface area contributed by atoms with Crippen molar-refractivity contribution in [2.45, 2.75) is 13.0 Å². The van der Waals surface area contributed by atoms with Crippen molar-refractivity contribution in [1.82, 2.24) is 10.3 Å². The number of rotatable bonds is 5. The number of carbonyl (C=O) groups excluding carboxylic acids is 1. The lowest BCUT2D eigenvalue weighted by atomic mass is 10.2. The minimum absolute atomic E-state index is 0.0302. The van der Waals surface area contributed by atoms with Crippen LogP contribution in [0.4, 0.5) is 0 Å². The van der Waals surface area contributed by atoms with Gasteiger partial charge in [-0.15, -0.1) is 0 Å². The van der Waals surface area contributed by atoms with Crippen LogP contribution >= 0.6 is 15.9 Å². The molecule has 0 atom stereocenters. The first-order valence-corrected chi connectivity index (χ1v) is 5.70. The van der Waals surface area contributed by atoms with Gasteiger partial charge < -0.3 is 10.1 Å². The summed E-state index contributed by atoms with van der Waals surface area (Å²) < 4.78 is 4.98. The van der Waals surface area contributed by atoms with E-state index in [2.05, 4.69) is 26.2 Å². The lowest BCUT2D eigenvalue weighted by Gasteiger charge is -2.05. The lowest BCUT2D eigenvalue weighted by molar-refractivity contribution is -0.120. The van der Waals surface area contributed by atoms with E-state index in [0.29, 0.717) is 24.2 Å². The molecule has 82 valence electrons. The Bertz CT molecular complexity index is 331. The molecule has 0 aliphatic carbocycles. The van der Waals surface area contributed by atoms with Crippen LogP contribution in [-0.2, 0) is 11.3 Å². The Morgan fingerprint density at radius 3 is 3.13 bits per heavy atom. The van der Waals surface area contributed by atoms with Gasteiger partial charge in [0.15, 0.2) is 0 Å². The van der Waals surface area contributed by atoms with E-state index in [9.17, 15) is 4.79 Å². The highest BCUT2D eigenvalue weighted by Crippen LogP contribution is 2.07. The molecule has 1 N–H and O–H groups in total. The van der Waals surface area contributed by atoms with Crippen LogP contribution in [0.5, 0.6) is 5.88 Å². The van der Waals surface area contributed by atoms with E-state index in [1.54, 1.807) is 19.4 Å². The number of ether oxygens (including phenoxy) is 1. The van der Waals surface area contributed by atoms with E-state index in [0.717, 1.165) is 5.56 Å². The fourth-order valence-electron chi connectivity index (χ4n) is 1.05. The van der Waals surface area contributed by atoms with E-state index < -0.39 is 0 Å².